The van der Waals surface area contributed by atoms with Gasteiger partial charge in [-0.2, -0.15) is 0 Å². The lowest BCUT2D eigenvalue weighted by molar-refractivity contribution is -0.268. The average Bonchev–Trinajstić information content (AvgIpc) is 1.85. The van der Waals surface area contributed by atoms with E-state index in [1.807, 2.05) is 0 Å². The zero-order valence-electron chi connectivity index (χ0n) is 5.36. The third-order valence-corrected chi connectivity index (χ3v) is 1.13. The lowest BCUT2D eigenvalue weighted by atomic mass is 10.3. The molecule has 0 aliphatic carbocycles. The lowest BCUT2D eigenvalue weighted by Crippen LogP contribution is -2.12. The molecule has 0 saturated carbocycles. The monoisotopic (exact) mass is 158 g/mol. The molecule has 0 aliphatic heterocycles. The fourth-order valence-corrected chi connectivity index (χ4v) is 0.650. The van der Waals surface area contributed by atoms with Crippen LogP contribution in [0.15, 0.2) is 18.2 Å². The summed E-state index contributed by atoms with van der Waals surface area (Å²) in [5.74, 6) is -1.49. The molecule has 0 heterocycles. The van der Waals surface area contributed by atoms with E-state index < -0.39 is 17.3 Å². The highest BCUT2D eigenvalue weighted by Gasteiger charge is 2.04. The van der Waals surface area contributed by atoms with Crippen LogP contribution >= 0.6 is 0 Å². The van der Waals surface area contributed by atoms with Crippen LogP contribution < -0.4 is 10.3 Å². The first-order valence-electron chi connectivity index (χ1n) is 2.75. The first-order chi connectivity index (χ1) is 5.11. The number of anilines is 1. The van der Waals surface area contributed by atoms with Crippen molar-refractivity contribution in [2.75, 3.05) is 5.23 Å². The van der Waals surface area contributed by atoms with E-state index in [0.29, 0.717) is 6.07 Å². The van der Waals surface area contributed by atoms with E-state index in [0.717, 1.165) is 12.1 Å². The van der Waals surface area contributed by atoms with Crippen molar-refractivity contribution < 1.29 is 19.9 Å². The Morgan fingerprint density at radius 1 is 1.36 bits per heavy atom. The summed E-state index contributed by atoms with van der Waals surface area (Å²) >= 11 is 0. The summed E-state index contributed by atoms with van der Waals surface area (Å²) in [6.07, 6.45) is 0. The summed E-state index contributed by atoms with van der Waals surface area (Å²) in [6, 6.07) is 2.66. The maximum atomic E-state index is 12.5. The smallest absolute Gasteiger partial charge is 0.150 e. The Labute approximate surface area is 61.6 Å². The zero-order valence-corrected chi connectivity index (χ0v) is 5.36. The quantitative estimate of drug-likeness (QED) is 0.583. The third-order valence-electron chi connectivity index (χ3n) is 1.13. The second kappa shape index (κ2) is 2.73. The van der Waals surface area contributed by atoms with Crippen LogP contribution in [-0.2, 0) is 0 Å². The van der Waals surface area contributed by atoms with E-state index in [-0.39, 0.29) is 5.23 Å². The van der Waals surface area contributed by atoms with E-state index >= 15 is 0 Å². The minimum atomic E-state index is -0.970. The maximum absolute atomic E-state index is 12.5. The van der Waals surface area contributed by atoms with E-state index in [4.69, 9.17) is 10.4 Å². The Morgan fingerprint density at radius 2 is 2.00 bits per heavy atom. The molecular formula is C6H5FNO3-. The topological polar surface area (TPSA) is 66.8 Å². The van der Waals surface area contributed by atoms with Crippen molar-refractivity contribution in [2.24, 2.45) is 0 Å². The fraction of sp³-hybridized carbons (Fsp3) is 0. The van der Waals surface area contributed by atoms with Gasteiger partial charge in [0, 0.05) is 0 Å². The van der Waals surface area contributed by atoms with Gasteiger partial charge in [0.25, 0.3) is 0 Å². The van der Waals surface area contributed by atoms with Gasteiger partial charge in [0.2, 0.25) is 0 Å². The van der Waals surface area contributed by atoms with Gasteiger partial charge in [-0.05, 0) is 12.1 Å². The summed E-state index contributed by atoms with van der Waals surface area (Å²) in [4.78, 5) is 0. The second-order valence-corrected chi connectivity index (χ2v) is 1.90. The van der Waals surface area contributed by atoms with Gasteiger partial charge in [0.1, 0.15) is 5.69 Å². The number of benzene rings is 1. The normalized spacial score (nSPS) is 9.73. The minimum absolute atomic E-state index is 0.380. The van der Waals surface area contributed by atoms with Gasteiger partial charge in [-0.3, -0.25) is 10.4 Å². The minimum Gasteiger partial charge on any atom is -0.872 e. The number of halogens is 1. The van der Waals surface area contributed by atoms with Gasteiger partial charge < -0.3 is 5.11 Å². The van der Waals surface area contributed by atoms with Crippen molar-refractivity contribution in [3.8, 4) is 5.75 Å². The highest BCUT2D eigenvalue weighted by Crippen LogP contribution is 2.19. The van der Waals surface area contributed by atoms with Crippen LogP contribution in [0.25, 0.3) is 0 Å². The van der Waals surface area contributed by atoms with Gasteiger partial charge in [-0.25, -0.2) is 4.39 Å². The number of rotatable bonds is 1. The van der Waals surface area contributed by atoms with Gasteiger partial charge in [-0.1, -0.05) is 6.07 Å². The second-order valence-electron chi connectivity index (χ2n) is 1.90. The number of hydrogen-bond acceptors (Lipinski definition) is 4. The molecule has 0 spiro atoms. The first-order valence-corrected chi connectivity index (χ1v) is 2.75. The SMILES string of the molecule is [O-]c1ccc(N(O)O)c(F)c1. The molecule has 0 amide bonds. The highest BCUT2D eigenvalue weighted by molar-refractivity contribution is 5.45. The van der Waals surface area contributed by atoms with Gasteiger partial charge >= 0.3 is 0 Å². The summed E-state index contributed by atoms with van der Waals surface area (Å²) in [5, 5.41) is 26.7. The van der Waals surface area contributed by atoms with Crippen molar-refractivity contribution in [3.05, 3.63) is 24.0 Å². The van der Waals surface area contributed by atoms with E-state index in [9.17, 15) is 9.50 Å². The molecule has 0 aliphatic rings. The summed E-state index contributed by atoms with van der Waals surface area (Å²) in [6.45, 7) is 0. The third kappa shape index (κ3) is 1.57. The van der Waals surface area contributed by atoms with Crippen LogP contribution in [-0.4, -0.2) is 10.4 Å². The zero-order chi connectivity index (χ0) is 8.43. The van der Waals surface area contributed by atoms with E-state index in [1.165, 1.54) is 0 Å². The average molecular weight is 158 g/mol. The number of hydrogen-bond donors (Lipinski definition) is 2. The van der Waals surface area contributed by atoms with Crippen molar-refractivity contribution >= 4 is 5.69 Å². The molecule has 0 bridgehead atoms. The predicted octanol–water partition coefficient (Wildman–Crippen LogP) is 0.484. The predicted molar refractivity (Wildman–Crippen MR) is 31.9 cm³/mol. The summed E-state index contributed by atoms with van der Waals surface area (Å²) < 4.78 is 12.5. The number of nitrogens with zero attached hydrogens (tertiary/aromatic N) is 1. The molecule has 1 aromatic rings. The van der Waals surface area contributed by atoms with E-state index in [1.54, 1.807) is 0 Å². The maximum Gasteiger partial charge on any atom is 0.150 e. The van der Waals surface area contributed by atoms with Crippen molar-refractivity contribution in [3.63, 3.8) is 0 Å². The largest absolute Gasteiger partial charge is 0.872 e. The first kappa shape index (κ1) is 7.77. The van der Waals surface area contributed by atoms with Crippen molar-refractivity contribution in [1.82, 2.24) is 0 Å². The van der Waals surface area contributed by atoms with E-state index in [2.05, 4.69) is 0 Å². The molecule has 1 rings (SSSR count). The van der Waals surface area contributed by atoms with Crippen LogP contribution in [0.2, 0.25) is 0 Å². The van der Waals surface area contributed by atoms with Gasteiger partial charge in [-0.15, -0.1) is 11.0 Å². The Morgan fingerprint density at radius 3 is 2.45 bits per heavy atom. The van der Waals surface area contributed by atoms with Crippen LogP contribution in [0, 0.1) is 5.82 Å². The molecule has 0 aromatic heterocycles. The molecule has 4 nitrogen and oxygen atoms in total. The van der Waals surface area contributed by atoms with Crippen LogP contribution in [0.1, 0.15) is 0 Å². The fourth-order valence-electron chi connectivity index (χ4n) is 0.650. The Balaban J connectivity index is 3.09. The van der Waals surface area contributed by atoms with Crippen molar-refractivity contribution in [1.29, 1.82) is 0 Å². The molecule has 5 heteroatoms. The summed E-state index contributed by atoms with van der Waals surface area (Å²) in [7, 11) is 0. The molecule has 11 heavy (non-hydrogen) atoms. The van der Waals surface area contributed by atoms with Crippen LogP contribution in [0.4, 0.5) is 10.1 Å². The molecular weight excluding hydrogens is 153 g/mol. The molecule has 0 saturated heterocycles. The molecule has 0 radical (unpaired) electrons. The van der Waals surface area contributed by atoms with Gasteiger partial charge in [0.15, 0.2) is 5.82 Å². The molecule has 0 fully saturated rings. The Bertz CT molecular complexity index is 264. The van der Waals surface area contributed by atoms with Crippen molar-refractivity contribution in [2.45, 2.75) is 0 Å². The highest BCUT2D eigenvalue weighted by atomic mass is 19.1. The van der Waals surface area contributed by atoms with Gasteiger partial charge in [0.05, 0.1) is 0 Å². The lowest BCUT2D eigenvalue weighted by Gasteiger charge is -2.11. The molecule has 0 atom stereocenters. The van der Waals surface area contributed by atoms with Crippen LogP contribution in [0.5, 0.6) is 5.75 Å². The molecule has 60 valence electrons. The molecule has 0 unspecified atom stereocenters. The molecule has 2 N–H and O–H groups in total. The standard InChI is InChI=1S/C6H6FNO3/c7-5-3-4(9)1-2-6(5)8(10)11/h1-3,9-11H/p-1. The van der Waals surface area contributed by atoms with Crippen LogP contribution in [0.3, 0.4) is 0 Å². The Kier molecular flexibility index (Phi) is 1.93. The Hall–Kier alpha value is -1.33. The summed E-state index contributed by atoms with van der Waals surface area (Å²) in [5.41, 5.74) is -0.454. The molecule has 1 aromatic carbocycles.